The summed E-state index contributed by atoms with van der Waals surface area (Å²) < 4.78 is 2.55. The van der Waals surface area contributed by atoms with E-state index in [2.05, 4.69) is 43.0 Å². The summed E-state index contributed by atoms with van der Waals surface area (Å²) in [7, 11) is 3.98. The van der Waals surface area contributed by atoms with Crippen molar-refractivity contribution in [3.8, 4) is 0 Å². The fourth-order valence-electron chi connectivity index (χ4n) is 2.52. The van der Waals surface area contributed by atoms with E-state index in [0.717, 1.165) is 23.2 Å². The largest absolute Gasteiger partial charge is 0.323 e. The number of hydrogen-bond acceptors (Lipinski definition) is 8. The van der Waals surface area contributed by atoms with E-state index < -0.39 is 0 Å². The number of rotatable bonds is 11. The molecule has 2 N–H and O–H groups in total. The standard InChI is InChI=1S/C20H25N7O2S2/c1-26(2)10-11-27-13-16(12-21-27)22-17(28)8-9-18(29)23-19-24-25-20(31-19)30-14-15-6-4-3-5-7-15/h3-7,12-13H,8-11,14H2,1-2H3,(H,22,28)(H,23,24,29). The van der Waals surface area contributed by atoms with E-state index in [1.165, 1.54) is 16.9 Å². The van der Waals surface area contributed by atoms with Gasteiger partial charge in [0.05, 0.1) is 18.4 Å². The minimum Gasteiger partial charge on any atom is -0.323 e. The zero-order valence-corrected chi connectivity index (χ0v) is 19.1. The van der Waals surface area contributed by atoms with Gasteiger partial charge in [-0.2, -0.15) is 5.10 Å². The first-order valence-electron chi connectivity index (χ1n) is 9.75. The zero-order chi connectivity index (χ0) is 22.1. The number of anilines is 2. The average molecular weight is 460 g/mol. The maximum atomic E-state index is 12.1. The predicted octanol–water partition coefficient (Wildman–Crippen LogP) is 2.95. The third-order valence-corrected chi connectivity index (χ3v) is 6.17. The maximum Gasteiger partial charge on any atom is 0.226 e. The van der Waals surface area contributed by atoms with Gasteiger partial charge >= 0.3 is 0 Å². The van der Waals surface area contributed by atoms with Crippen LogP contribution >= 0.6 is 23.1 Å². The normalized spacial score (nSPS) is 10.9. The highest BCUT2D eigenvalue weighted by Crippen LogP contribution is 2.28. The molecular formula is C20H25N7O2S2. The van der Waals surface area contributed by atoms with Crippen molar-refractivity contribution in [3.63, 3.8) is 0 Å². The predicted molar refractivity (Wildman–Crippen MR) is 123 cm³/mol. The van der Waals surface area contributed by atoms with Crippen LogP contribution in [0.2, 0.25) is 0 Å². The molecule has 0 bridgehead atoms. The summed E-state index contributed by atoms with van der Waals surface area (Å²) in [6.45, 7) is 1.59. The molecule has 1 aromatic carbocycles. The summed E-state index contributed by atoms with van der Waals surface area (Å²) in [4.78, 5) is 26.3. The number of thioether (sulfide) groups is 1. The van der Waals surface area contributed by atoms with Gasteiger partial charge in [-0.1, -0.05) is 53.4 Å². The van der Waals surface area contributed by atoms with Crippen molar-refractivity contribution in [1.29, 1.82) is 0 Å². The van der Waals surface area contributed by atoms with Crippen LogP contribution in [0.3, 0.4) is 0 Å². The molecule has 0 saturated heterocycles. The molecule has 11 heteroatoms. The van der Waals surface area contributed by atoms with Crippen LogP contribution in [0, 0.1) is 0 Å². The third kappa shape index (κ3) is 8.12. The van der Waals surface area contributed by atoms with E-state index in [4.69, 9.17) is 0 Å². The lowest BCUT2D eigenvalue weighted by Gasteiger charge is -2.08. The van der Waals surface area contributed by atoms with E-state index in [1.54, 1.807) is 28.8 Å². The second-order valence-electron chi connectivity index (χ2n) is 7.04. The Hall–Kier alpha value is -2.76. The number of carbonyl (C=O) groups excluding carboxylic acids is 2. The number of amides is 2. The lowest BCUT2D eigenvalue weighted by molar-refractivity contribution is -0.121. The smallest absolute Gasteiger partial charge is 0.226 e. The van der Waals surface area contributed by atoms with Crippen molar-refractivity contribution in [3.05, 3.63) is 48.3 Å². The van der Waals surface area contributed by atoms with Gasteiger partial charge in [0.1, 0.15) is 0 Å². The molecule has 3 rings (SSSR count). The van der Waals surface area contributed by atoms with E-state index in [9.17, 15) is 9.59 Å². The molecule has 9 nitrogen and oxygen atoms in total. The number of aromatic nitrogens is 4. The molecule has 0 fully saturated rings. The summed E-state index contributed by atoms with van der Waals surface area (Å²) in [6, 6.07) is 10.1. The van der Waals surface area contributed by atoms with Crippen LogP contribution in [0.15, 0.2) is 47.1 Å². The number of nitrogens with zero attached hydrogens (tertiary/aromatic N) is 5. The maximum absolute atomic E-state index is 12.1. The van der Waals surface area contributed by atoms with Gasteiger partial charge in [-0.3, -0.25) is 14.3 Å². The fraction of sp³-hybridized carbons (Fsp3) is 0.350. The molecule has 31 heavy (non-hydrogen) atoms. The van der Waals surface area contributed by atoms with Crippen molar-refractivity contribution < 1.29 is 9.59 Å². The first-order valence-corrected chi connectivity index (χ1v) is 11.6. The Morgan fingerprint density at radius 3 is 2.58 bits per heavy atom. The third-order valence-electron chi connectivity index (χ3n) is 4.13. The van der Waals surface area contributed by atoms with Crippen LogP contribution in [0.25, 0.3) is 0 Å². The highest BCUT2D eigenvalue weighted by Gasteiger charge is 2.12. The fourth-order valence-corrected chi connectivity index (χ4v) is 4.25. The highest BCUT2D eigenvalue weighted by molar-refractivity contribution is 8.00. The van der Waals surface area contributed by atoms with Crippen molar-refractivity contribution in [2.75, 3.05) is 31.3 Å². The molecule has 0 spiro atoms. The quantitative estimate of drug-likeness (QED) is 0.335. The lowest BCUT2D eigenvalue weighted by Crippen LogP contribution is -2.18. The Balaban J connectivity index is 1.37. The average Bonchev–Trinajstić information content (AvgIpc) is 3.39. The summed E-state index contributed by atoms with van der Waals surface area (Å²) in [6.07, 6.45) is 3.51. The minimum absolute atomic E-state index is 0.0622. The van der Waals surface area contributed by atoms with Crippen LogP contribution in [0.4, 0.5) is 10.8 Å². The molecule has 2 amide bonds. The SMILES string of the molecule is CN(C)CCn1cc(NC(=O)CCC(=O)Nc2nnc(SCc3ccccc3)s2)cn1. The van der Waals surface area contributed by atoms with Crippen LogP contribution in [-0.2, 0) is 21.9 Å². The molecule has 0 unspecified atom stereocenters. The van der Waals surface area contributed by atoms with Gasteiger partial charge in [0.2, 0.25) is 16.9 Å². The zero-order valence-electron chi connectivity index (χ0n) is 17.4. The van der Waals surface area contributed by atoms with E-state index in [1.807, 2.05) is 32.3 Å². The summed E-state index contributed by atoms with van der Waals surface area (Å²) in [5, 5.41) is 18.2. The van der Waals surface area contributed by atoms with Crippen LogP contribution in [0.1, 0.15) is 18.4 Å². The molecule has 0 atom stereocenters. The van der Waals surface area contributed by atoms with Crippen LogP contribution in [-0.4, -0.2) is 57.3 Å². The molecule has 0 saturated carbocycles. The molecule has 164 valence electrons. The summed E-state index contributed by atoms with van der Waals surface area (Å²) in [5.41, 5.74) is 1.82. The van der Waals surface area contributed by atoms with Crippen molar-refractivity contribution in [2.24, 2.45) is 0 Å². The number of nitrogens with one attached hydrogen (secondary N) is 2. The van der Waals surface area contributed by atoms with Crippen molar-refractivity contribution in [2.45, 2.75) is 29.5 Å². The second-order valence-corrected chi connectivity index (χ2v) is 9.24. The molecule has 0 aliphatic rings. The highest BCUT2D eigenvalue weighted by atomic mass is 32.2. The molecule has 3 aromatic rings. The first-order chi connectivity index (χ1) is 15.0. The van der Waals surface area contributed by atoms with Gasteiger partial charge in [-0.05, 0) is 19.7 Å². The first kappa shape index (κ1) is 22.9. The van der Waals surface area contributed by atoms with E-state index in [0.29, 0.717) is 10.8 Å². The van der Waals surface area contributed by atoms with E-state index >= 15 is 0 Å². The van der Waals surface area contributed by atoms with Crippen molar-refractivity contribution >= 4 is 45.7 Å². The van der Waals surface area contributed by atoms with Crippen LogP contribution in [0.5, 0.6) is 0 Å². The Labute approximate surface area is 189 Å². The van der Waals surface area contributed by atoms with Gasteiger partial charge in [0.25, 0.3) is 0 Å². The number of carbonyl (C=O) groups is 2. The van der Waals surface area contributed by atoms with E-state index in [-0.39, 0.29) is 24.7 Å². The number of likely N-dealkylation sites (N-methyl/N-ethyl adjacent to an activating group) is 1. The molecule has 2 heterocycles. The Kier molecular flexibility index (Phi) is 8.56. The van der Waals surface area contributed by atoms with Gasteiger partial charge in [0, 0.05) is 31.3 Å². The Morgan fingerprint density at radius 2 is 1.84 bits per heavy atom. The molecular weight excluding hydrogens is 434 g/mol. The molecule has 0 aliphatic carbocycles. The summed E-state index contributed by atoms with van der Waals surface area (Å²) in [5.74, 6) is 0.279. The Morgan fingerprint density at radius 1 is 1.10 bits per heavy atom. The Bertz CT molecular complexity index is 988. The van der Waals surface area contributed by atoms with Crippen molar-refractivity contribution in [1.82, 2.24) is 24.9 Å². The topological polar surface area (TPSA) is 105 Å². The van der Waals surface area contributed by atoms with Gasteiger partial charge in [-0.15, -0.1) is 10.2 Å². The van der Waals surface area contributed by atoms with Gasteiger partial charge in [0.15, 0.2) is 4.34 Å². The molecule has 0 radical (unpaired) electrons. The second kappa shape index (κ2) is 11.6. The number of benzene rings is 1. The monoisotopic (exact) mass is 459 g/mol. The van der Waals surface area contributed by atoms with Gasteiger partial charge in [-0.25, -0.2) is 0 Å². The summed E-state index contributed by atoms with van der Waals surface area (Å²) >= 11 is 2.89. The van der Waals surface area contributed by atoms with Crippen LogP contribution < -0.4 is 10.6 Å². The number of hydrogen-bond donors (Lipinski definition) is 2. The minimum atomic E-state index is -0.271. The molecule has 2 aromatic heterocycles. The van der Waals surface area contributed by atoms with Gasteiger partial charge < -0.3 is 15.5 Å². The lowest BCUT2D eigenvalue weighted by atomic mass is 10.2. The molecule has 0 aliphatic heterocycles.